The molecule has 0 spiro atoms. The van der Waals surface area contributed by atoms with Gasteiger partial charge in [0.15, 0.2) is 0 Å². The molecule has 0 aliphatic rings. The van der Waals surface area contributed by atoms with Crippen LogP contribution >= 0.6 is 0 Å². The molecule has 0 unspecified atom stereocenters. The van der Waals surface area contributed by atoms with Gasteiger partial charge in [-0.2, -0.15) is 0 Å². The van der Waals surface area contributed by atoms with Crippen molar-refractivity contribution in [2.75, 3.05) is 4.90 Å². The minimum absolute atomic E-state index is 0.906. The highest BCUT2D eigenvalue weighted by atomic mass is 16.3. The van der Waals surface area contributed by atoms with E-state index in [0.29, 0.717) is 0 Å². The second-order valence-electron chi connectivity index (χ2n) is 12.9. The summed E-state index contributed by atoms with van der Waals surface area (Å²) < 4.78 is 6.48. The Balaban J connectivity index is 1.05. The first-order valence-electron chi connectivity index (χ1n) is 17.1. The van der Waals surface area contributed by atoms with E-state index >= 15 is 0 Å². The molecule has 9 aromatic carbocycles. The molecular formula is C48H31NO. The van der Waals surface area contributed by atoms with Crippen molar-refractivity contribution in [3.05, 3.63) is 188 Å². The van der Waals surface area contributed by atoms with E-state index in [9.17, 15) is 0 Å². The lowest BCUT2D eigenvalue weighted by molar-refractivity contribution is 0.673. The minimum Gasteiger partial charge on any atom is -0.455 e. The van der Waals surface area contributed by atoms with Gasteiger partial charge < -0.3 is 9.32 Å². The molecule has 2 nitrogen and oxygen atoms in total. The Morgan fingerprint density at radius 1 is 0.320 bits per heavy atom. The quantitative estimate of drug-likeness (QED) is 0.175. The number of nitrogens with zero attached hydrogens (tertiary/aromatic N) is 1. The van der Waals surface area contributed by atoms with Gasteiger partial charge in [-0.1, -0.05) is 140 Å². The molecule has 1 heterocycles. The summed E-state index contributed by atoms with van der Waals surface area (Å²) >= 11 is 0. The van der Waals surface area contributed by atoms with Crippen molar-refractivity contribution in [1.82, 2.24) is 0 Å². The van der Waals surface area contributed by atoms with Crippen LogP contribution in [-0.2, 0) is 0 Å². The Morgan fingerprint density at radius 2 is 0.860 bits per heavy atom. The van der Waals surface area contributed by atoms with Crippen molar-refractivity contribution in [2.24, 2.45) is 0 Å². The molecule has 1 aromatic heterocycles. The summed E-state index contributed by atoms with van der Waals surface area (Å²) in [5, 5.41) is 9.71. The van der Waals surface area contributed by atoms with Crippen LogP contribution in [-0.4, -0.2) is 0 Å². The first-order chi connectivity index (χ1) is 24.8. The topological polar surface area (TPSA) is 16.4 Å². The third kappa shape index (κ3) is 4.57. The van der Waals surface area contributed by atoms with Crippen molar-refractivity contribution >= 4 is 71.3 Å². The number of para-hydroxylation sites is 1. The van der Waals surface area contributed by atoms with E-state index in [-0.39, 0.29) is 0 Å². The Labute approximate surface area is 290 Å². The predicted octanol–water partition coefficient (Wildman–Crippen LogP) is 13.8. The molecule has 0 saturated carbocycles. The summed E-state index contributed by atoms with van der Waals surface area (Å²) in [7, 11) is 0. The van der Waals surface area contributed by atoms with E-state index in [1.807, 2.05) is 0 Å². The highest BCUT2D eigenvalue weighted by Crippen LogP contribution is 2.42. The molecule has 0 amide bonds. The average Bonchev–Trinajstić information content (AvgIpc) is 3.58. The van der Waals surface area contributed by atoms with Crippen molar-refractivity contribution in [3.8, 4) is 22.3 Å². The Hall–Kier alpha value is -6.64. The highest BCUT2D eigenvalue weighted by molar-refractivity contribution is 6.19. The predicted molar refractivity (Wildman–Crippen MR) is 212 cm³/mol. The molecule has 0 bridgehead atoms. The standard InChI is InChI=1S/C48H31NO/c1-2-12-36(13-3-1)49(37-26-20-34(21-27-37)40-16-8-18-43-39-14-6-4-10-32(39)24-30-44(40)43)38-28-22-35(23-29-38)41-17-9-19-46-47(41)45-31-25-33-11-5-7-15-42(33)48(45)50-46/h1-31H. The number of anilines is 3. The van der Waals surface area contributed by atoms with Gasteiger partial charge in [-0.3, -0.25) is 0 Å². The number of fused-ring (bicyclic) bond motifs is 8. The van der Waals surface area contributed by atoms with Crippen LogP contribution in [0, 0.1) is 0 Å². The number of rotatable bonds is 5. The average molecular weight is 638 g/mol. The second-order valence-corrected chi connectivity index (χ2v) is 12.9. The Kier molecular flexibility index (Phi) is 6.53. The van der Waals surface area contributed by atoms with E-state index in [4.69, 9.17) is 4.42 Å². The maximum Gasteiger partial charge on any atom is 0.143 e. The first-order valence-corrected chi connectivity index (χ1v) is 17.1. The normalized spacial score (nSPS) is 11.6. The maximum atomic E-state index is 6.48. The molecule has 0 atom stereocenters. The number of furan rings is 1. The zero-order valence-electron chi connectivity index (χ0n) is 27.3. The van der Waals surface area contributed by atoms with Gasteiger partial charge in [0.25, 0.3) is 0 Å². The third-order valence-electron chi connectivity index (χ3n) is 10.1. The Morgan fingerprint density at radius 3 is 1.60 bits per heavy atom. The van der Waals surface area contributed by atoms with Crippen LogP contribution in [0.15, 0.2) is 192 Å². The molecule has 2 heteroatoms. The molecule has 10 rings (SSSR count). The zero-order chi connectivity index (χ0) is 33.0. The highest BCUT2D eigenvalue weighted by Gasteiger charge is 2.17. The summed E-state index contributed by atoms with van der Waals surface area (Å²) in [5.74, 6) is 0. The molecule has 0 N–H and O–H groups in total. The van der Waals surface area contributed by atoms with Gasteiger partial charge in [0, 0.05) is 33.2 Å². The molecule has 0 aliphatic heterocycles. The largest absolute Gasteiger partial charge is 0.455 e. The smallest absolute Gasteiger partial charge is 0.143 e. The minimum atomic E-state index is 0.906. The van der Waals surface area contributed by atoms with Gasteiger partial charge in [-0.15, -0.1) is 0 Å². The molecule has 0 saturated heterocycles. The molecule has 234 valence electrons. The molecule has 10 aromatic rings. The maximum absolute atomic E-state index is 6.48. The van der Waals surface area contributed by atoms with Gasteiger partial charge in [-0.25, -0.2) is 0 Å². The van der Waals surface area contributed by atoms with Gasteiger partial charge in [-0.05, 0) is 97.7 Å². The number of hydrogen-bond acceptors (Lipinski definition) is 2. The molecule has 0 radical (unpaired) electrons. The molecule has 0 fully saturated rings. The monoisotopic (exact) mass is 637 g/mol. The van der Waals surface area contributed by atoms with E-state index in [2.05, 4.69) is 193 Å². The van der Waals surface area contributed by atoms with Gasteiger partial charge in [0.2, 0.25) is 0 Å². The second kappa shape index (κ2) is 11.5. The van der Waals surface area contributed by atoms with Crippen LogP contribution in [0.1, 0.15) is 0 Å². The summed E-state index contributed by atoms with van der Waals surface area (Å²) in [6.07, 6.45) is 0. The van der Waals surface area contributed by atoms with E-state index in [1.165, 1.54) is 43.6 Å². The summed E-state index contributed by atoms with van der Waals surface area (Å²) in [6.45, 7) is 0. The van der Waals surface area contributed by atoms with Gasteiger partial charge >= 0.3 is 0 Å². The van der Waals surface area contributed by atoms with Crippen molar-refractivity contribution in [1.29, 1.82) is 0 Å². The van der Waals surface area contributed by atoms with Crippen LogP contribution in [0.2, 0.25) is 0 Å². The fourth-order valence-electron chi connectivity index (χ4n) is 7.69. The molecule has 50 heavy (non-hydrogen) atoms. The van der Waals surface area contributed by atoms with Crippen LogP contribution in [0.25, 0.3) is 76.5 Å². The van der Waals surface area contributed by atoms with Crippen LogP contribution in [0.3, 0.4) is 0 Å². The zero-order valence-corrected chi connectivity index (χ0v) is 27.3. The fraction of sp³-hybridized carbons (Fsp3) is 0. The lowest BCUT2D eigenvalue weighted by Gasteiger charge is -2.26. The van der Waals surface area contributed by atoms with E-state index in [1.54, 1.807) is 0 Å². The molecule has 0 aliphatic carbocycles. The van der Waals surface area contributed by atoms with Crippen LogP contribution < -0.4 is 4.90 Å². The summed E-state index contributed by atoms with van der Waals surface area (Å²) in [5.41, 5.74) is 9.92. The lowest BCUT2D eigenvalue weighted by Crippen LogP contribution is -2.09. The van der Waals surface area contributed by atoms with Crippen molar-refractivity contribution < 1.29 is 4.42 Å². The SMILES string of the molecule is c1ccc(N(c2ccc(-c3cccc4c3ccc3ccccc34)cc2)c2ccc(-c3cccc4oc5c6ccccc6ccc5c34)cc2)cc1. The number of hydrogen-bond donors (Lipinski definition) is 0. The summed E-state index contributed by atoms with van der Waals surface area (Å²) in [4.78, 5) is 2.32. The molecular weight excluding hydrogens is 607 g/mol. The van der Waals surface area contributed by atoms with Gasteiger partial charge in [0.05, 0.1) is 0 Å². The van der Waals surface area contributed by atoms with Crippen molar-refractivity contribution in [3.63, 3.8) is 0 Å². The summed E-state index contributed by atoms with van der Waals surface area (Å²) in [6, 6.07) is 67.4. The van der Waals surface area contributed by atoms with E-state index in [0.717, 1.165) is 50.0 Å². The Bertz CT molecular complexity index is 2850. The lowest BCUT2D eigenvalue weighted by atomic mass is 9.94. The van der Waals surface area contributed by atoms with Crippen molar-refractivity contribution in [2.45, 2.75) is 0 Å². The van der Waals surface area contributed by atoms with Gasteiger partial charge in [0.1, 0.15) is 11.2 Å². The van der Waals surface area contributed by atoms with E-state index < -0.39 is 0 Å². The van der Waals surface area contributed by atoms with Crippen LogP contribution in [0.5, 0.6) is 0 Å². The van der Waals surface area contributed by atoms with Crippen LogP contribution in [0.4, 0.5) is 17.1 Å². The third-order valence-corrected chi connectivity index (χ3v) is 10.1. The fourth-order valence-corrected chi connectivity index (χ4v) is 7.69. The first kappa shape index (κ1) is 28.4. The number of benzene rings is 9.